The Labute approximate surface area is 364 Å². The number of thioether (sulfide) groups is 1. The molecule has 0 amide bonds. The van der Waals surface area contributed by atoms with Gasteiger partial charge in [0.15, 0.2) is 0 Å². The van der Waals surface area contributed by atoms with Crippen LogP contribution in [0.1, 0.15) is 56.7 Å². The standard InChI is InChI=1S/C52H54N6O2S/c53-31-34-28-37(52-55-50(32-14-2-1-3-15-32)54-51(56-52)33-26-27-36-35-16-4-13-25-48(35)61-49(36)29-33)43(58-40-19-7-11-23-46(40)60-47-24-12-8-20-41(47)58)30-42(34)57-38-17-5-9-21-44(38)59-45-22-10-6-18-39(45)57/h1-9,11,13-15,17-21,23,25,27-29,33-35,38-47,50-51,54H,10,12,16,22,24,26,30H2,(H,55,56). The lowest BCUT2D eigenvalue weighted by Crippen LogP contribution is -2.68. The van der Waals surface area contributed by atoms with Crippen LogP contribution in [0.3, 0.4) is 0 Å². The molecule has 1 aromatic carbocycles. The first-order valence-corrected chi connectivity index (χ1v) is 23.6. The lowest BCUT2D eigenvalue weighted by molar-refractivity contribution is -0.144. The fourth-order valence-corrected chi connectivity index (χ4v) is 13.5. The maximum absolute atomic E-state index is 11.4. The van der Waals surface area contributed by atoms with E-state index in [1.54, 1.807) is 0 Å². The van der Waals surface area contributed by atoms with E-state index >= 15 is 0 Å². The van der Waals surface area contributed by atoms with E-state index in [4.69, 9.17) is 14.5 Å². The van der Waals surface area contributed by atoms with Gasteiger partial charge in [0.25, 0.3) is 0 Å². The molecule has 61 heavy (non-hydrogen) atoms. The molecule has 3 saturated heterocycles. The summed E-state index contributed by atoms with van der Waals surface area (Å²) >= 11 is 1.95. The van der Waals surface area contributed by atoms with Crippen molar-refractivity contribution in [3.05, 3.63) is 166 Å². The minimum absolute atomic E-state index is 0.0395. The summed E-state index contributed by atoms with van der Waals surface area (Å²) in [7, 11) is 0. The van der Waals surface area contributed by atoms with Gasteiger partial charge in [-0.15, -0.1) is 0 Å². The van der Waals surface area contributed by atoms with Crippen molar-refractivity contribution in [2.75, 3.05) is 0 Å². The quantitative estimate of drug-likeness (QED) is 0.287. The van der Waals surface area contributed by atoms with Crippen molar-refractivity contribution < 1.29 is 9.47 Å². The molecule has 0 aromatic heterocycles. The molecule has 15 atom stereocenters. The molecule has 2 N–H and O–H groups in total. The Balaban J connectivity index is 0.977. The molecular formula is C52H54N6O2S. The number of ether oxygens (including phenoxy) is 2. The summed E-state index contributed by atoms with van der Waals surface area (Å²) in [6, 6.07) is 13.8. The van der Waals surface area contributed by atoms with Gasteiger partial charge in [-0.05, 0) is 61.0 Å². The van der Waals surface area contributed by atoms with Crippen molar-refractivity contribution in [1.82, 2.24) is 20.4 Å². The number of rotatable bonds is 5. The first-order valence-electron chi connectivity index (χ1n) is 22.8. The summed E-state index contributed by atoms with van der Waals surface area (Å²) in [6.07, 6.45) is 48.0. The maximum atomic E-state index is 11.4. The van der Waals surface area contributed by atoms with E-state index < -0.39 is 0 Å². The van der Waals surface area contributed by atoms with Crippen LogP contribution in [0.2, 0.25) is 0 Å². The number of nitriles is 1. The summed E-state index contributed by atoms with van der Waals surface area (Å²) in [6.45, 7) is 0. The minimum Gasteiger partial charge on any atom is -0.367 e. The highest BCUT2D eigenvalue weighted by molar-refractivity contribution is 8.07. The highest BCUT2D eigenvalue weighted by Crippen LogP contribution is 2.54. The third-order valence-corrected chi connectivity index (χ3v) is 16.2. The van der Waals surface area contributed by atoms with Gasteiger partial charge in [0.05, 0.1) is 66.7 Å². The summed E-state index contributed by atoms with van der Waals surface area (Å²) < 4.78 is 13.8. The molecule has 11 aliphatic rings. The highest BCUT2D eigenvalue weighted by Gasteiger charge is 2.53. The third-order valence-electron chi connectivity index (χ3n) is 15.0. The van der Waals surface area contributed by atoms with Crippen LogP contribution in [0.4, 0.5) is 0 Å². The van der Waals surface area contributed by atoms with Gasteiger partial charge in [-0.1, -0.05) is 151 Å². The number of allylic oxidation sites excluding steroid dienone is 12. The van der Waals surface area contributed by atoms with Crippen molar-refractivity contribution in [3.8, 4) is 6.07 Å². The molecule has 12 rings (SSSR count). The van der Waals surface area contributed by atoms with E-state index in [1.807, 2.05) is 11.8 Å². The van der Waals surface area contributed by atoms with Crippen LogP contribution >= 0.6 is 11.8 Å². The predicted octanol–water partition coefficient (Wildman–Crippen LogP) is 8.41. The Hall–Kier alpha value is -4.53. The fourth-order valence-electron chi connectivity index (χ4n) is 12.2. The molecule has 310 valence electrons. The van der Waals surface area contributed by atoms with Crippen molar-refractivity contribution in [3.63, 3.8) is 0 Å². The Morgan fingerprint density at radius 1 is 0.754 bits per heavy atom. The van der Waals surface area contributed by atoms with Crippen molar-refractivity contribution in [2.24, 2.45) is 22.7 Å². The number of hydrogen-bond acceptors (Lipinski definition) is 9. The SMILES string of the molecule is N#CC1C=C(C2=NC(c3ccccc3)NC(C3C=C4SC5=CC=CCC5C4=CC3)N2)C(N2C3C=CC=CC3OC3CCC=CC32)CC1N1C2C=CC=CC2OC2CCC=CC21. The first-order chi connectivity index (χ1) is 30.2. The topological polar surface area (TPSA) is 85.2 Å². The van der Waals surface area contributed by atoms with E-state index in [1.165, 1.54) is 15.4 Å². The highest BCUT2D eigenvalue weighted by atomic mass is 32.2. The predicted molar refractivity (Wildman–Crippen MR) is 243 cm³/mol. The van der Waals surface area contributed by atoms with E-state index in [-0.39, 0.29) is 84.8 Å². The molecule has 0 radical (unpaired) electrons. The molecule has 3 fully saturated rings. The molecule has 15 unspecified atom stereocenters. The molecule has 0 saturated carbocycles. The summed E-state index contributed by atoms with van der Waals surface area (Å²) in [5.74, 6) is 1.26. The van der Waals surface area contributed by atoms with E-state index in [9.17, 15) is 5.26 Å². The van der Waals surface area contributed by atoms with Crippen LogP contribution in [0.5, 0.6) is 0 Å². The molecule has 4 aliphatic heterocycles. The summed E-state index contributed by atoms with van der Waals surface area (Å²) in [5.41, 5.74) is 3.77. The molecule has 1 aromatic rings. The van der Waals surface area contributed by atoms with Gasteiger partial charge >= 0.3 is 0 Å². The smallest absolute Gasteiger partial charge is 0.129 e. The zero-order chi connectivity index (χ0) is 40.4. The second-order valence-corrected chi connectivity index (χ2v) is 19.5. The number of amidine groups is 1. The van der Waals surface area contributed by atoms with Gasteiger partial charge in [-0.2, -0.15) is 5.26 Å². The van der Waals surface area contributed by atoms with Crippen molar-refractivity contribution >= 4 is 17.6 Å². The minimum atomic E-state index is -0.355. The number of morpholine rings is 2. The second-order valence-electron chi connectivity index (χ2n) is 18.3. The first kappa shape index (κ1) is 38.2. The molecular weight excluding hydrogens is 773 g/mol. The number of benzene rings is 1. The largest absolute Gasteiger partial charge is 0.367 e. The normalized spacial score (nSPS) is 41.9. The molecule has 8 nitrogen and oxygen atoms in total. The van der Waals surface area contributed by atoms with Crippen molar-refractivity contribution in [2.45, 2.75) is 118 Å². The number of aliphatic imine (C=N–C) groups is 1. The van der Waals surface area contributed by atoms with E-state index in [0.29, 0.717) is 5.92 Å². The Kier molecular flexibility index (Phi) is 10.0. The zero-order valence-electron chi connectivity index (χ0n) is 34.4. The maximum Gasteiger partial charge on any atom is 0.129 e. The molecule has 9 heteroatoms. The van der Waals surface area contributed by atoms with Gasteiger partial charge in [0.2, 0.25) is 0 Å². The Morgan fingerprint density at radius 2 is 1.48 bits per heavy atom. The van der Waals surface area contributed by atoms with Crippen LogP contribution in [0, 0.1) is 29.1 Å². The molecule has 7 aliphatic carbocycles. The van der Waals surface area contributed by atoms with Crippen LogP contribution < -0.4 is 10.6 Å². The van der Waals surface area contributed by atoms with Gasteiger partial charge < -0.3 is 14.8 Å². The third kappa shape index (κ3) is 6.73. The van der Waals surface area contributed by atoms with E-state index in [0.717, 1.165) is 61.9 Å². The molecule has 0 bridgehead atoms. The number of nitrogens with one attached hydrogen (secondary N) is 2. The van der Waals surface area contributed by atoms with Gasteiger partial charge in [-0.3, -0.25) is 15.1 Å². The fraction of sp³-hybridized carbons (Fsp3) is 0.423. The Morgan fingerprint density at radius 3 is 2.23 bits per heavy atom. The van der Waals surface area contributed by atoms with Gasteiger partial charge in [-0.25, -0.2) is 4.99 Å². The van der Waals surface area contributed by atoms with E-state index in [2.05, 4.69) is 166 Å². The average molecular weight is 827 g/mol. The number of nitrogens with zero attached hydrogens (tertiary/aromatic N) is 4. The lowest BCUT2D eigenvalue weighted by Gasteiger charge is -2.57. The van der Waals surface area contributed by atoms with Gasteiger partial charge in [0.1, 0.15) is 12.0 Å². The van der Waals surface area contributed by atoms with Gasteiger partial charge in [0, 0.05) is 34.4 Å². The zero-order valence-corrected chi connectivity index (χ0v) is 35.2. The van der Waals surface area contributed by atoms with Crippen LogP contribution in [-0.2, 0) is 9.47 Å². The van der Waals surface area contributed by atoms with Crippen molar-refractivity contribution in [1.29, 1.82) is 5.26 Å². The average Bonchev–Trinajstić information content (AvgIpc) is 3.70. The summed E-state index contributed by atoms with van der Waals surface area (Å²) in [4.78, 5) is 13.9. The lowest BCUT2D eigenvalue weighted by atomic mass is 9.76. The summed E-state index contributed by atoms with van der Waals surface area (Å²) in [5, 5.41) is 19.4. The Bertz CT molecular complexity index is 2340. The van der Waals surface area contributed by atoms with Crippen LogP contribution in [-0.4, -0.2) is 82.5 Å². The molecule has 4 heterocycles. The van der Waals surface area contributed by atoms with Crippen LogP contribution in [0.25, 0.3) is 0 Å². The molecule has 0 spiro atoms. The number of hydrogen-bond donors (Lipinski definition) is 2. The number of fused-ring (bicyclic) bond motifs is 7. The second kappa shape index (κ2) is 16.0. The monoisotopic (exact) mass is 826 g/mol. The van der Waals surface area contributed by atoms with Crippen LogP contribution in [0.15, 0.2) is 166 Å².